The van der Waals surface area contributed by atoms with E-state index in [-0.39, 0.29) is 30.6 Å². The molecule has 1 N–H and O–H groups in total. The van der Waals surface area contributed by atoms with Crippen molar-refractivity contribution in [1.29, 1.82) is 0 Å². The lowest BCUT2D eigenvalue weighted by atomic mass is 10.0. The van der Waals surface area contributed by atoms with Crippen LogP contribution >= 0.6 is 0 Å². The third kappa shape index (κ3) is 8.14. The summed E-state index contributed by atoms with van der Waals surface area (Å²) in [4.78, 5) is 28.8. The molecule has 3 aromatic rings. The van der Waals surface area contributed by atoms with Crippen LogP contribution in [0.25, 0.3) is 0 Å². The van der Waals surface area contributed by atoms with Crippen molar-refractivity contribution < 1.29 is 22.4 Å². The van der Waals surface area contributed by atoms with E-state index in [4.69, 9.17) is 0 Å². The smallest absolute Gasteiger partial charge is 0.244 e. The summed E-state index contributed by atoms with van der Waals surface area (Å²) in [5.41, 5.74) is 2.86. The maximum absolute atomic E-state index is 13.9. The molecule has 0 radical (unpaired) electrons. The molecule has 0 aliphatic rings. The van der Waals surface area contributed by atoms with Crippen molar-refractivity contribution in [3.05, 3.63) is 101 Å². The summed E-state index contributed by atoms with van der Waals surface area (Å²) in [5.74, 6) is -1.42. The van der Waals surface area contributed by atoms with Gasteiger partial charge in [0.05, 0.1) is 11.9 Å². The Kier molecular flexibility index (Phi) is 9.63. The standard InChI is InChI=1S/C29H34FN3O4S/c1-21(2)31-29(35)27(18-23-8-6-5-7-9-23)32(19-24-12-10-22(3)11-13-24)28(34)20-33(38(4,36)37)26-16-14-25(30)15-17-26/h5-17,21,27H,18-20H2,1-4H3,(H,31,35). The van der Waals surface area contributed by atoms with Crippen LogP contribution in [0, 0.1) is 12.7 Å². The zero-order valence-electron chi connectivity index (χ0n) is 22.1. The SMILES string of the molecule is Cc1ccc(CN(C(=O)CN(c2ccc(F)cc2)S(C)(=O)=O)C(Cc2ccccc2)C(=O)NC(C)C)cc1. The Bertz CT molecular complexity index is 1330. The second-order valence-electron chi connectivity index (χ2n) is 9.62. The van der Waals surface area contributed by atoms with Crippen LogP contribution in [0.5, 0.6) is 0 Å². The molecule has 9 heteroatoms. The van der Waals surface area contributed by atoms with Gasteiger partial charge in [-0.1, -0.05) is 60.2 Å². The average molecular weight is 540 g/mol. The summed E-state index contributed by atoms with van der Waals surface area (Å²) in [6.07, 6.45) is 1.23. The Hall–Kier alpha value is -3.72. The Labute approximate surface area is 224 Å². The van der Waals surface area contributed by atoms with Crippen LogP contribution in [-0.2, 0) is 32.6 Å². The highest BCUT2D eigenvalue weighted by Gasteiger charge is 2.33. The van der Waals surface area contributed by atoms with Crippen molar-refractivity contribution >= 4 is 27.5 Å². The Balaban J connectivity index is 2.04. The largest absolute Gasteiger partial charge is 0.352 e. The van der Waals surface area contributed by atoms with Gasteiger partial charge in [-0.15, -0.1) is 0 Å². The number of aryl methyl sites for hydroxylation is 1. The molecule has 0 aliphatic heterocycles. The summed E-state index contributed by atoms with van der Waals surface area (Å²) in [6.45, 7) is 5.18. The number of carbonyl (C=O) groups is 2. The summed E-state index contributed by atoms with van der Waals surface area (Å²) in [5, 5.41) is 2.91. The van der Waals surface area contributed by atoms with E-state index in [1.807, 2.05) is 75.4 Å². The Morgan fingerprint density at radius 1 is 0.895 bits per heavy atom. The Morgan fingerprint density at radius 2 is 1.50 bits per heavy atom. The quantitative estimate of drug-likeness (QED) is 0.398. The monoisotopic (exact) mass is 539 g/mol. The van der Waals surface area contributed by atoms with Crippen molar-refractivity contribution in [1.82, 2.24) is 10.2 Å². The fraction of sp³-hybridized carbons (Fsp3) is 0.310. The molecule has 0 aromatic heterocycles. The number of carbonyl (C=O) groups excluding carboxylic acids is 2. The number of sulfonamides is 1. The minimum absolute atomic E-state index is 0.100. The van der Waals surface area contributed by atoms with E-state index in [9.17, 15) is 22.4 Å². The number of nitrogens with zero attached hydrogens (tertiary/aromatic N) is 2. The highest BCUT2D eigenvalue weighted by molar-refractivity contribution is 7.92. The number of halogens is 1. The minimum Gasteiger partial charge on any atom is -0.352 e. The van der Waals surface area contributed by atoms with Gasteiger partial charge in [-0.25, -0.2) is 12.8 Å². The summed E-state index contributed by atoms with van der Waals surface area (Å²) < 4.78 is 39.8. The van der Waals surface area contributed by atoms with Crippen LogP contribution in [-0.4, -0.2) is 50.0 Å². The summed E-state index contributed by atoms with van der Waals surface area (Å²) in [6, 6.07) is 20.8. The van der Waals surface area contributed by atoms with Gasteiger partial charge in [-0.2, -0.15) is 0 Å². The maximum atomic E-state index is 13.9. The molecule has 38 heavy (non-hydrogen) atoms. The lowest BCUT2D eigenvalue weighted by Crippen LogP contribution is -2.54. The van der Waals surface area contributed by atoms with E-state index in [0.717, 1.165) is 39.4 Å². The maximum Gasteiger partial charge on any atom is 0.244 e. The van der Waals surface area contributed by atoms with Gasteiger partial charge in [-0.3, -0.25) is 13.9 Å². The number of anilines is 1. The van der Waals surface area contributed by atoms with Gasteiger partial charge in [0, 0.05) is 19.0 Å². The fourth-order valence-corrected chi connectivity index (χ4v) is 4.90. The molecular formula is C29H34FN3O4S. The molecule has 0 saturated heterocycles. The molecule has 0 aliphatic carbocycles. The van der Waals surface area contributed by atoms with E-state index in [2.05, 4.69) is 5.32 Å². The first-order valence-corrected chi connectivity index (χ1v) is 14.2. The molecule has 3 rings (SSSR count). The van der Waals surface area contributed by atoms with E-state index in [0.29, 0.717) is 0 Å². The van der Waals surface area contributed by atoms with E-state index in [1.54, 1.807) is 0 Å². The highest BCUT2D eigenvalue weighted by Crippen LogP contribution is 2.21. The number of benzene rings is 3. The van der Waals surface area contributed by atoms with E-state index >= 15 is 0 Å². The first kappa shape index (κ1) is 28.8. The van der Waals surface area contributed by atoms with Crippen molar-refractivity contribution in [3.63, 3.8) is 0 Å². The second kappa shape index (κ2) is 12.7. The van der Waals surface area contributed by atoms with Gasteiger partial charge in [-0.05, 0) is 56.2 Å². The molecular weight excluding hydrogens is 505 g/mol. The number of hydrogen-bond donors (Lipinski definition) is 1. The number of hydrogen-bond acceptors (Lipinski definition) is 4. The highest BCUT2D eigenvalue weighted by atomic mass is 32.2. The zero-order valence-corrected chi connectivity index (χ0v) is 22.9. The van der Waals surface area contributed by atoms with Gasteiger partial charge in [0.25, 0.3) is 0 Å². The number of rotatable bonds is 11. The molecule has 1 atom stereocenters. The molecule has 7 nitrogen and oxygen atoms in total. The second-order valence-corrected chi connectivity index (χ2v) is 11.5. The topological polar surface area (TPSA) is 86.8 Å². The van der Waals surface area contributed by atoms with Gasteiger partial charge in [0.15, 0.2) is 0 Å². The summed E-state index contributed by atoms with van der Waals surface area (Å²) >= 11 is 0. The van der Waals surface area contributed by atoms with Crippen LogP contribution in [0.4, 0.5) is 10.1 Å². The predicted molar refractivity (Wildman–Crippen MR) is 148 cm³/mol. The first-order chi connectivity index (χ1) is 17.9. The van der Waals surface area contributed by atoms with Crippen molar-refractivity contribution in [2.75, 3.05) is 17.1 Å². The average Bonchev–Trinajstić information content (AvgIpc) is 2.86. The summed E-state index contributed by atoms with van der Waals surface area (Å²) in [7, 11) is -3.90. The van der Waals surface area contributed by atoms with Gasteiger partial charge < -0.3 is 10.2 Å². The van der Waals surface area contributed by atoms with Crippen LogP contribution in [0.2, 0.25) is 0 Å². The molecule has 202 valence electrons. The third-order valence-electron chi connectivity index (χ3n) is 5.97. The molecule has 0 heterocycles. The third-order valence-corrected chi connectivity index (χ3v) is 7.11. The Morgan fingerprint density at radius 3 is 2.05 bits per heavy atom. The molecule has 0 bridgehead atoms. The lowest BCUT2D eigenvalue weighted by molar-refractivity contribution is -0.140. The van der Waals surface area contributed by atoms with E-state index in [1.165, 1.54) is 17.0 Å². The molecule has 3 aromatic carbocycles. The lowest BCUT2D eigenvalue weighted by Gasteiger charge is -2.34. The normalized spacial score (nSPS) is 12.2. The van der Waals surface area contributed by atoms with Crippen LogP contribution in [0.3, 0.4) is 0 Å². The minimum atomic E-state index is -3.90. The number of amides is 2. The molecule has 1 unspecified atom stereocenters. The molecule has 0 spiro atoms. The zero-order chi connectivity index (χ0) is 27.9. The van der Waals surface area contributed by atoms with Crippen molar-refractivity contribution in [2.24, 2.45) is 0 Å². The first-order valence-electron chi connectivity index (χ1n) is 12.4. The van der Waals surface area contributed by atoms with Gasteiger partial charge in [0.2, 0.25) is 21.8 Å². The van der Waals surface area contributed by atoms with Crippen molar-refractivity contribution in [2.45, 2.75) is 45.8 Å². The van der Waals surface area contributed by atoms with Gasteiger partial charge >= 0.3 is 0 Å². The number of nitrogens with one attached hydrogen (secondary N) is 1. The van der Waals surface area contributed by atoms with Crippen LogP contribution in [0.1, 0.15) is 30.5 Å². The van der Waals surface area contributed by atoms with Gasteiger partial charge in [0.1, 0.15) is 18.4 Å². The molecule has 2 amide bonds. The predicted octanol–water partition coefficient (Wildman–Crippen LogP) is 4.06. The van der Waals surface area contributed by atoms with E-state index < -0.39 is 34.3 Å². The van der Waals surface area contributed by atoms with Crippen LogP contribution in [0.15, 0.2) is 78.9 Å². The van der Waals surface area contributed by atoms with Crippen LogP contribution < -0.4 is 9.62 Å². The molecule has 0 fully saturated rings. The fourth-order valence-electron chi connectivity index (χ4n) is 4.05. The molecule has 0 saturated carbocycles. The van der Waals surface area contributed by atoms with Crippen molar-refractivity contribution in [3.8, 4) is 0 Å².